The summed E-state index contributed by atoms with van der Waals surface area (Å²) in [7, 11) is 0. The summed E-state index contributed by atoms with van der Waals surface area (Å²) in [5.41, 5.74) is -3.83. The smallest absolute Gasteiger partial charge is 0.410 e. The van der Waals surface area contributed by atoms with Gasteiger partial charge in [-0.15, -0.1) is 0 Å². The molecule has 2 spiro atoms. The summed E-state index contributed by atoms with van der Waals surface area (Å²) in [6.45, 7) is 18.9. The Morgan fingerprint density at radius 1 is 0.692 bits per heavy atom. The van der Waals surface area contributed by atoms with Crippen molar-refractivity contribution >= 4 is 59.6 Å². The number of nitriles is 1. The second kappa shape index (κ2) is 25.0. The van der Waals surface area contributed by atoms with E-state index in [2.05, 4.69) is 21.3 Å². The minimum absolute atomic E-state index is 0.0232. The molecule has 5 saturated heterocycles. The summed E-state index contributed by atoms with van der Waals surface area (Å²) in [5.74, 6) is -4.42. The lowest BCUT2D eigenvalue weighted by atomic mass is 9.82. The average molecular weight is 923 g/mol. The number of amides is 5. The molecule has 22 heteroatoms. The number of nitrogens with zero attached hydrogens (tertiary/aromatic N) is 2. The molecule has 3 atom stereocenters. The van der Waals surface area contributed by atoms with Gasteiger partial charge in [0.15, 0.2) is 5.41 Å². The Hall–Kier alpha value is -5.85. The van der Waals surface area contributed by atoms with Gasteiger partial charge in [0.05, 0.1) is 63.8 Å². The molecule has 5 rings (SSSR count). The summed E-state index contributed by atoms with van der Waals surface area (Å²) >= 11 is 0. The number of hydrogen-bond acceptors (Lipinski definition) is 18. The van der Waals surface area contributed by atoms with Crippen molar-refractivity contribution in [2.24, 2.45) is 21.7 Å². The van der Waals surface area contributed by atoms with Crippen LogP contribution >= 0.6 is 0 Å². The summed E-state index contributed by atoms with van der Waals surface area (Å²) in [4.78, 5) is 116. The third-order valence-electron chi connectivity index (χ3n) is 10.8. The van der Waals surface area contributed by atoms with Gasteiger partial charge in [-0.05, 0) is 74.8 Å². The third kappa shape index (κ3) is 16.6. The van der Waals surface area contributed by atoms with Crippen molar-refractivity contribution in [3.63, 3.8) is 0 Å². The van der Waals surface area contributed by atoms with Crippen LogP contribution < -0.4 is 21.3 Å². The maximum atomic E-state index is 11.9. The van der Waals surface area contributed by atoms with Crippen LogP contribution in [0.5, 0.6) is 0 Å². The molecule has 0 radical (unpaired) electrons. The van der Waals surface area contributed by atoms with Crippen molar-refractivity contribution in [3.05, 3.63) is 0 Å². The van der Waals surface area contributed by atoms with E-state index in [-0.39, 0.29) is 101 Å². The molecule has 0 saturated carbocycles. The standard InChI is InChI=1S/C13H19NO6.C12H22N2O2.C11H17NO5.C7H8N2O3/c1-4-18-10(15)7-13(9-14,12(17)20-6-3)8-11(16)19-5-2;1-11(2,3)16-10(15)14-7-5-12(9-14)4-6-13-8-12;1-3-16-9(14)6-11(10(15)17-4-2)5-8(13)12-7-11;10-4-1-7(3-8-4)2-5(11)9-6(7)12/h4-8H2,1-3H3;13H,4-9H2,1-3H3;3-7H2,1-2H3,(H,12,13);1-3H2,(H,8,10)(H,9,11,12). The molecule has 0 aliphatic carbocycles. The summed E-state index contributed by atoms with van der Waals surface area (Å²) < 4.78 is 29.3. The van der Waals surface area contributed by atoms with E-state index in [4.69, 9.17) is 28.4 Å². The zero-order chi connectivity index (χ0) is 49.1. The molecule has 5 amide bonds. The third-order valence-corrected chi connectivity index (χ3v) is 10.8. The zero-order valence-electron chi connectivity index (χ0n) is 38.9. The molecule has 22 nitrogen and oxygen atoms in total. The summed E-state index contributed by atoms with van der Waals surface area (Å²) in [5, 5.41) is 19.9. The quantitative estimate of drug-likeness (QED) is 0.114. The number of rotatable bonds is 13. The van der Waals surface area contributed by atoms with Gasteiger partial charge in [-0.1, -0.05) is 0 Å². The minimum atomic E-state index is -1.91. The normalized spacial score (nSPS) is 22.9. The Kier molecular flexibility index (Phi) is 21.3. The van der Waals surface area contributed by atoms with Gasteiger partial charge in [0.1, 0.15) is 11.0 Å². The van der Waals surface area contributed by atoms with E-state index in [1.165, 1.54) is 6.42 Å². The van der Waals surface area contributed by atoms with Gasteiger partial charge in [0, 0.05) is 57.4 Å². The van der Waals surface area contributed by atoms with Gasteiger partial charge in [-0.25, -0.2) is 4.79 Å². The van der Waals surface area contributed by atoms with Crippen LogP contribution in [0.4, 0.5) is 4.79 Å². The van der Waals surface area contributed by atoms with E-state index >= 15 is 0 Å². The SMILES string of the molecule is CC(C)(C)OC(=O)N1CCC2(CCNC2)C1.CCOC(=O)CC(C#N)(CC(=O)OCC)C(=O)OCC.CCOC(=O)CC1(C(=O)OCC)CNC(=O)C1.O=C1CC2(CN1)CC(=O)NC2=O. The molecular formula is C43H66N6O16. The molecule has 0 bridgehead atoms. The van der Waals surface area contributed by atoms with Crippen LogP contribution in [0.15, 0.2) is 0 Å². The van der Waals surface area contributed by atoms with E-state index < -0.39 is 58.9 Å². The molecule has 5 aliphatic heterocycles. The lowest BCUT2D eigenvalue weighted by molar-refractivity contribution is -0.163. The number of imide groups is 1. The fraction of sp³-hybridized carbons (Fsp3) is 0.744. The topological polar surface area (TPSA) is 301 Å². The highest BCUT2D eigenvalue weighted by atomic mass is 16.6. The van der Waals surface area contributed by atoms with Crippen molar-refractivity contribution in [1.82, 2.24) is 26.2 Å². The minimum Gasteiger partial charge on any atom is -0.466 e. The van der Waals surface area contributed by atoms with Crippen molar-refractivity contribution in [2.45, 2.75) is 112 Å². The van der Waals surface area contributed by atoms with Gasteiger partial charge in [-0.3, -0.25) is 48.5 Å². The van der Waals surface area contributed by atoms with Crippen molar-refractivity contribution in [2.75, 3.05) is 72.3 Å². The Morgan fingerprint density at radius 3 is 1.66 bits per heavy atom. The molecule has 5 fully saturated rings. The van der Waals surface area contributed by atoms with Crippen LogP contribution in [-0.4, -0.2) is 142 Å². The molecule has 364 valence electrons. The van der Waals surface area contributed by atoms with Crippen molar-refractivity contribution < 1.29 is 76.4 Å². The summed E-state index contributed by atoms with van der Waals surface area (Å²) in [6.07, 6.45) is 1.18. The fourth-order valence-electron chi connectivity index (χ4n) is 7.57. The molecular weight excluding hydrogens is 856 g/mol. The van der Waals surface area contributed by atoms with Crippen molar-refractivity contribution in [1.29, 1.82) is 5.26 Å². The van der Waals surface area contributed by atoms with Crippen LogP contribution in [0.1, 0.15) is 107 Å². The molecule has 3 unspecified atom stereocenters. The first-order chi connectivity index (χ1) is 30.5. The molecule has 5 aliphatic rings. The number of carbonyl (C=O) groups excluding carboxylic acids is 10. The van der Waals surface area contributed by atoms with Gasteiger partial charge in [0.25, 0.3) is 0 Å². The Balaban J connectivity index is 0.000000301. The van der Waals surface area contributed by atoms with Crippen LogP contribution in [0.25, 0.3) is 0 Å². The predicted molar refractivity (Wildman–Crippen MR) is 225 cm³/mol. The second-order valence-corrected chi connectivity index (χ2v) is 17.2. The highest BCUT2D eigenvalue weighted by molar-refractivity contribution is 6.08. The van der Waals surface area contributed by atoms with Crippen LogP contribution in [0, 0.1) is 33.0 Å². The van der Waals surface area contributed by atoms with Crippen LogP contribution in [-0.2, 0) is 71.6 Å². The number of esters is 5. The van der Waals surface area contributed by atoms with Gasteiger partial charge in [0.2, 0.25) is 23.6 Å². The average Bonchev–Trinajstić information content (AvgIpc) is 4.07. The molecule has 5 heterocycles. The Labute approximate surface area is 379 Å². The molecule has 0 aromatic carbocycles. The van der Waals surface area contributed by atoms with Gasteiger partial charge >= 0.3 is 35.9 Å². The largest absolute Gasteiger partial charge is 0.466 e. The first-order valence-corrected chi connectivity index (χ1v) is 21.8. The van der Waals surface area contributed by atoms with Gasteiger partial charge < -0.3 is 49.3 Å². The number of carbonyl (C=O) groups is 10. The second-order valence-electron chi connectivity index (χ2n) is 17.2. The number of hydrogen-bond donors (Lipinski definition) is 4. The lowest BCUT2D eigenvalue weighted by Gasteiger charge is -2.26. The highest BCUT2D eigenvalue weighted by Crippen LogP contribution is 2.37. The van der Waals surface area contributed by atoms with E-state index in [1.54, 1.807) is 40.7 Å². The molecule has 0 aromatic heterocycles. The summed E-state index contributed by atoms with van der Waals surface area (Å²) in [6, 6.07) is 1.70. The zero-order valence-corrected chi connectivity index (χ0v) is 38.9. The highest BCUT2D eigenvalue weighted by Gasteiger charge is 2.52. The number of ether oxygens (including phenoxy) is 6. The molecule has 4 N–H and O–H groups in total. The van der Waals surface area contributed by atoms with Gasteiger partial charge in [-0.2, -0.15) is 5.26 Å². The lowest BCUT2D eigenvalue weighted by Crippen LogP contribution is -2.37. The molecule has 65 heavy (non-hydrogen) atoms. The Morgan fingerprint density at radius 2 is 1.23 bits per heavy atom. The maximum Gasteiger partial charge on any atom is 0.410 e. The van der Waals surface area contributed by atoms with Crippen LogP contribution in [0.3, 0.4) is 0 Å². The predicted octanol–water partition coefficient (Wildman–Crippen LogP) is 1.12. The fourth-order valence-corrected chi connectivity index (χ4v) is 7.57. The first-order valence-electron chi connectivity index (χ1n) is 21.8. The van der Waals surface area contributed by atoms with E-state index in [0.717, 1.165) is 32.6 Å². The van der Waals surface area contributed by atoms with E-state index in [0.29, 0.717) is 12.0 Å². The van der Waals surface area contributed by atoms with Crippen LogP contribution in [0.2, 0.25) is 0 Å². The van der Waals surface area contributed by atoms with E-state index in [9.17, 15) is 53.2 Å². The maximum absolute atomic E-state index is 11.9. The molecule has 0 aromatic rings. The Bertz CT molecular complexity index is 1780. The first kappa shape index (κ1) is 55.3. The number of likely N-dealkylation sites (tertiary alicyclic amines) is 1. The number of nitrogens with one attached hydrogen (secondary N) is 4. The monoisotopic (exact) mass is 922 g/mol. The van der Waals surface area contributed by atoms with E-state index in [1.807, 2.05) is 25.7 Å². The van der Waals surface area contributed by atoms with Crippen molar-refractivity contribution in [3.8, 4) is 6.07 Å².